The van der Waals surface area contributed by atoms with Crippen LogP contribution in [0.2, 0.25) is 0 Å². The molecular weight excluding hydrogens is 442 g/mol. The van der Waals surface area contributed by atoms with Crippen LogP contribution in [-0.2, 0) is 0 Å². The van der Waals surface area contributed by atoms with Gasteiger partial charge in [-0.15, -0.1) is 11.5 Å². The van der Waals surface area contributed by atoms with Gasteiger partial charge in [0.2, 0.25) is 0 Å². The standard InChI is InChI=1S/C12H10O2.2Cs/c13-11-7-3-1-5-9(11)10-6-2-4-8-12(10)14;;/h1-8,13-14H;;/q;2*+1/p-2. The van der Waals surface area contributed by atoms with Gasteiger partial charge < -0.3 is 10.2 Å². The molecule has 0 saturated heterocycles. The third-order valence-corrected chi connectivity index (χ3v) is 2.06. The molecule has 0 aliphatic rings. The fourth-order valence-corrected chi connectivity index (χ4v) is 1.38. The van der Waals surface area contributed by atoms with Gasteiger partial charge in [0, 0.05) is 0 Å². The Kier molecular flexibility index (Phi) is 10.3. The van der Waals surface area contributed by atoms with E-state index < -0.39 is 0 Å². The number of hydrogen-bond donors (Lipinski definition) is 0. The molecule has 16 heavy (non-hydrogen) atoms. The van der Waals surface area contributed by atoms with Gasteiger partial charge in [0.1, 0.15) is 0 Å². The average molecular weight is 450 g/mol. The maximum absolute atomic E-state index is 11.4. The molecule has 0 radical (unpaired) electrons. The van der Waals surface area contributed by atoms with Crippen LogP contribution in [0, 0.1) is 0 Å². The molecule has 70 valence electrons. The van der Waals surface area contributed by atoms with Gasteiger partial charge in [-0.25, -0.2) is 0 Å². The number of benzene rings is 2. The maximum atomic E-state index is 11.4. The van der Waals surface area contributed by atoms with E-state index in [0.717, 1.165) is 0 Å². The second-order valence-electron chi connectivity index (χ2n) is 2.99. The Morgan fingerprint density at radius 2 is 0.875 bits per heavy atom. The van der Waals surface area contributed by atoms with Crippen molar-refractivity contribution >= 4 is 0 Å². The molecule has 2 aromatic rings. The van der Waals surface area contributed by atoms with Crippen molar-refractivity contribution in [3.8, 4) is 22.6 Å². The molecular formula is C12H8Cs2O2. The van der Waals surface area contributed by atoms with Gasteiger partial charge >= 0.3 is 138 Å². The Morgan fingerprint density at radius 3 is 1.19 bits per heavy atom. The number of hydrogen-bond acceptors (Lipinski definition) is 2. The summed E-state index contributed by atoms with van der Waals surface area (Å²) in [6.07, 6.45) is 0. The Labute approximate surface area is 213 Å². The fraction of sp³-hybridized carbons (Fsp3) is 0. The quantitative estimate of drug-likeness (QED) is 0.441. The molecule has 2 nitrogen and oxygen atoms in total. The van der Waals surface area contributed by atoms with E-state index in [4.69, 9.17) is 0 Å². The van der Waals surface area contributed by atoms with Crippen molar-refractivity contribution in [2.75, 3.05) is 0 Å². The zero-order valence-electron chi connectivity index (χ0n) is 9.44. The van der Waals surface area contributed by atoms with Gasteiger partial charge in [-0.2, -0.15) is 0 Å². The zero-order chi connectivity index (χ0) is 9.97. The predicted molar refractivity (Wildman–Crippen MR) is 50.8 cm³/mol. The third kappa shape index (κ3) is 4.67. The van der Waals surface area contributed by atoms with E-state index >= 15 is 0 Å². The van der Waals surface area contributed by atoms with E-state index in [-0.39, 0.29) is 149 Å². The first-order valence-electron chi connectivity index (χ1n) is 4.31. The molecule has 0 bridgehead atoms. The van der Waals surface area contributed by atoms with Crippen molar-refractivity contribution in [1.29, 1.82) is 0 Å². The smallest absolute Gasteiger partial charge is 0.872 e. The van der Waals surface area contributed by atoms with Crippen LogP contribution in [0.1, 0.15) is 0 Å². The van der Waals surface area contributed by atoms with Crippen LogP contribution in [0.4, 0.5) is 0 Å². The topological polar surface area (TPSA) is 46.1 Å². The molecule has 0 heterocycles. The van der Waals surface area contributed by atoms with Crippen molar-refractivity contribution < 1.29 is 148 Å². The predicted octanol–water partition coefficient (Wildman–Crippen LogP) is -4.49. The molecule has 0 spiro atoms. The van der Waals surface area contributed by atoms with E-state index in [1.54, 1.807) is 36.4 Å². The Bertz CT molecular complexity index is 415. The van der Waals surface area contributed by atoms with E-state index in [9.17, 15) is 10.2 Å². The molecule has 0 aromatic heterocycles. The molecule has 4 heteroatoms. The van der Waals surface area contributed by atoms with E-state index in [0.29, 0.717) is 11.1 Å². The van der Waals surface area contributed by atoms with Crippen LogP contribution in [0.25, 0.3) is 11.1 Å². The van der Waals surface area contributed by atoms with Gasteiger partial charge in [0.25, 0.3) is 0 Å². The summed E-state index contributed by atoms with van der Waals surface area (Å²) >= 11 is 0. The van der Waals surface area contributed by atoms with E-state index in [2.05, 4.69) is 0 Å². The van der Waals surface area contributed by atoms with Crippen molar-refractivity contribution in [3.05, 3.63) is 48.5 Å². The van der Waals surface area contributed by atoms with Crippen LogP contribution in [-0.4, -0.2) is 0 Å². The Hall–Kier alpha value is 2.14. The summed E-state index contributed by atoms with van der Waals surface area (Å²) < 4.78 is 0. The molecule has 0 aliphatic carbocycles. The van der Waals surface area contributed by atoms with Crippen LogP contribution < -0.4 is 148 Å². The second-order valence-corrected chi connectivity index (χ2v) is 2.99. The minimum absolute atomic E-state index is 0. The number of rotatable bonds is 1. The molecule has 0 atom stereocenters. The SMILES string of the molecule is [Cs+].[Cs+].[O-]c1ccccc1-c1ccccc1[O-]. The van der Waals surface area contributed by atoms with Gasteiger partial charge in [-0.3, -0.25) is 0 Å². The van der Waals surface area contributed by atoms with Crippen LogP contribution in [0.5, 0.6) is 11.5 Å². The van der Waals surface area contributed by atoms with Gasteiger partial charge in [0.15, 0.2) is 0 Å². The summed E-state index contributed by atoms with van der Waals surface area (Å²) in [5.74, 6) is -0.230. The van der Waals surface area contributed by atoms with Crippen molar-refractivity contribution in [3.63, 3.8) is 0 Å². The first-order chi connectivity index (χ1) is 6.79. The summed E-state index contributed by atoms with van der Waals surface area (Å²) in [5, 5.41) is 22.9. The molecule has 0 N–H and O–H groups in total. The number of para-hydroxylation sites is 2. The largest absolute Gasteiger partial charge is 1.00 e. The van der Waals surface area contributed by atoms with Gasteiger partial charge in [0.05, 0.1) is 0 Å². The molecule has 0 fully saturated rings. The first kappa shape index (κ1) is 18.1. The fourth-order valence-electron chi connectivity index (χ4n) is 1.38. The minimum atomic E-state index is -0.115. The summed E-state index contributed by atoms with van der Waals surface area (Å²) in [6.45, 7) is 0. The summed E-state index contributed by atoms with van der Waals surface area (Å²) in [4.78, 5) is 0. The van der Waals surface area contributed by atoms with E-state index in [1.165, 1.54) is 12.1 Å². The summed E-state index contributed by atoms with van der Waals surface area (Å²) in [7, 11) is 0. The molecule has 0 aliphatic heterocycles. The zero-order valence-corrected chi connectivity index (χ0v) is 22.0. The first-order valence-corrected chi connectivity index (χ1v) is 4.31. The molecule has 0 saturated carbocycles. The molecule has 0 unspecified atom stereocenters. The van der Waals surface area contributed by atoms with Crippen molar-refractivity contribution in [1.82, 2.24) is 0 Å². The van der Waals surface area contributed by atoms with Gasteiger partial charge in [-0.05, 0) is 11.1 Å². The minimum Gasteiger partial charge on any atom is -0.872 e. The van der Waals surface area contributed by atoms with Crippen LogP contribution >= 0.6 is 0 Å². The van der Waals surface area contributed by atoms with Gasteiger partial charge in [-0.1, -0.05) is 48.5 Å². The normalized spacial score (nSPS) is 8.75. The van der Waals surface area contributed by atoms with E-state index in [1.807, 2.05) is 0 Å². The van der Waals surface area contributed by atoms with Crippen molar-refractivity contribution in [2.24, 2.45) is 0 Å². The molecule has 0 amide bonds. The second kappa shape index (κ2) is 9.11. The van der Waals surface area contributed by atoms with Crippen molar-refractivity contribution in [2.45, 2.75) is 0 Å². The monoisotopic (exact) mass is 450 g/mol. The Morgan fingerprint density at radius 1 is 0.562 bits per heavy atom. The van der Waals surface area contributed by atoms with Crippen LogP contribution in [0.15, 0.2) is 48.5 Å². The Balaban J connectivity index is 0.00000112. The third-order valence-electron chi connectivity index (χ3n) is 2.06. The van der Waals surface area contributed by atoms with Crippen LogP contribution in [0.3, 0.4) is 0 Å². The average Bonchev–Trinajstić information content (AvgIpc) is 2.20. The molecule has 2 aromatic carbocycles. The summed E-state index contributed by atoms with van der Waals surface area (Å²) in [6, 6.07) is 13.1. The summed E-state index contributed by atoms with van der Waals surface area (Å²) in [5.41, 5.74) is 0.941. The molecule has 2 rings (SSSR count). The maximum Gasteiger partial charge on any atom is 1.00 e.